The Morgan fingerprint density at radius 3 is 2.67 bits per heavy atom. The van der Waals surface area contributed by atoms with Gasteiger partial charge in [-0.3, -0.25) is 9.69 Å². The molecule has 2 N–H and O–H groups in total. The summed E-state index contributed by atoms with van der Waals surface area (Å²) in [6, 6.07) is 4.01. The van der Waals surface area contributed by atoms with E-state index in [1.807, 2.05) is 19.1 Å². The van der Waals surface area contributed by atoms with E-state index >= 15 is 0 Å². The number of rotatable bonds is 6. The van der Waals surface area contributed by atoms with E-state index in [0.717, 1.165) is 37.8 Å². The molecule has 6 nitrogen and oxygen atoms in total. The molecule has 1 atom stereocenters. The molecule has 0 aliphatic carbocycles. The molecule has 1 aliphatic rings. The van der Waals surface area contributed by atoms with Gasteiger partial charge in [0.25, 0.3) is 0 Å². The monoisotopic (exact) mass is 317 g/mol. The van der Waals surface area contributed by atoms with E-state index in [4.69, 9.17) is 9.15 Å². The molecule has 2 rings (SSSR count). The van der Waals surface area contributed by atoms with Gasteiger partial charge >= 0.3 is 0 Å². The van der Waals surface area contributed by atoms with Crippen LogP contribution >= 0.6 is 12.4 Å². The number of furan rings is 1. The van der Waals surface area contributed by atoms with Gasteiger partial charge in [0.05, 0.1) is 25.8 Å². The molecule has 21 heavy (non-hydrogen) atoms. The van der Waals surface area contributed by atoms with Crippen molar-refractivity contribution >= 4 is 18.3 Å². The minimum absolute atomic E-state index is 0. The molecule has 0 saturated carbocycles. The van der Waals surface area contributed by atoms with Crippen LogP contribution in [0.2, 0.25) is 0 Å². The molecule has 1 fully saturated rings. The summed E-state index contributed by atoms with van der Waals surface area (Å²) < 4.78 is 11.1. The Bertz CT molecular complexity index is 433. The number of likely N-dealkylation sites (N-methyl/N-ethyl adjacent to an activating group) is 1. The molecular weight excluding hydrogens is 294 g/mol. The fraction of sp³-hybridized carbons (Fsp3) is 0.643. The van der Waals surface area contributed by atoms with Crippen LogP contribution < -0.4 is 10.6 Å². The molecule has 2 heterocycles. The summed E-state index contributed by atoms with van der Waals surface area (Å²) in [6.45, 7) is 5.96. The van der Waals surface area contributed by atoms with Crippen LogP contribution in [0.3, 0.4) is 0 Å². The zero-order valence-corrected chi connectivity index (χ0v) is 13.4. The third-order valence-electron chi connectivity index (χ3n) is 3.41. The van der Waals surface area contributed by atoms with Crippen LogP contribution in [-0.2, 0) is 9.53 Å². The SMILES string of the molecule is CNCC(=O)NCC(c1ccc(C)o1)N1CCOCC1.Cl. The average Bonchev–Trinajstić information content (AvgIpc) is 2.87. The average molecular weight is 318 g/mol. The third-order valence-corrected chi connectivity index (χ3v) is 3.41. The van der Waals surface area contributed by atoms with E-state index in [2.05, 4.69) is 15.5 Å². The minimum atomic E-state index is -0.00552. The summed E-state index contributed by atoms with van der Waals surface area (Å²) in [4.78, 5) is 13.9. The largest absolute Gasteiger partial charge is 0.465 e. The predicted octanol–water partition coefficient (Wildman–Crippen LogP) is 0.719. The molecule has 0 aromatic carbocycles. The minimum Gasteiger partial charge on any atom is -0.465 e. The molecule has 1 amide bonds. The van der Waals surface area contributed by atoms with Crippen LogP contribution in [0.1, 0.15) is 17.6 Å². The second-order valence-corrected chi connectivity index (χ2v) is 4.95. The lowest BCUT2D eigenvalue weighted by atomic mass is 10.1. The molecule has 1 aliphatic heterocycles. The van der Waals surface area contributed by atoms with E-state index in [1.165, 1.54) is 0 Å². The number of ether oxygens (including phenoxy) is 1. The van der Waals surface area contributed by atoms with Gasteiger partial charge in [0.1, 0.15) is 11.5 Å². The maximum absolute atomic E-state index is 11.6. The Labute approximate surface area is 131 Å². The molecule has 0 spiro atoms. The Morgan fingerprint density at radius 2 is 2.10 bits per heavy atom. The van der Waals surface area contributed by atoms with Gasteiger partial charge in [0.15, 0.2) is 0 Å². The lowest BCUT2D eigenvalue weighted by Gasteiger charge is -2.33. The van der Waals surface area contributed by atoms with Crippen molar-refractivity contribution in [3.05, 3.63) is 23.7 Å². The van der Waals surface area contributed by atoms with E-state index in [-0.39, 0.29) is 24.4 Å². The van der Waals surface area contributed by atoms with Gasteiger partial charge in [-0.05, 0) is 26.1 Å². The Balaban J connectivity index is 0.00000220. The summed E-state index contributed by atoms with van der Waals surface area (Å²) in [6.07, 6.45) is 0. The van der Waals surface area contributed by atoms with Gasteiger partial charge in [0.2, 0.25) is 5.91 Å². The highest BCUT2D eigenvalue weighted by Crippen LogP contribution is 2.23. The number of aryl methyl sites for hydroxylation is 1. The summed E-state index contributed by atoms with van der Waals surface area (Å²) in [5, 5.41) is 5.79. The highest BCUT2D eigenvalue weighted by Gasteiger charge is 2.25. The molecule has 1 aromatic heterocycles. The lowest BCUT2D eigenvalue weighted by Crippen LogP contribution is -2.44. The first kappa shape index (κ1) is 18.0. The standard InChI is InChI=1S/C14H23N3O3.ClH/c1-11-3-4-13(20-11)12(9-16-14(18)10-15-2)17-5-7-19-8-6-17;/h3-4,12,15H,5-10H2,1-2H3,(H,16,18);1H. The number of halogens is 1. The van der Waals surface area contributed by atoms with E-state index in [0.29, 0.717) is 13.1 Å². The second kappa shape index (κ2) is 9.04. The van der Waals surface area contributed by atoms with E-state index < -0.39 is 0 Å². The maximum atomic E-state index is 11.6. The Kier molecular flexibility index (Phi) is 7.74. The van der Waals surface area contributed by atoms with Crippen molar-refractivity contribution in [1.29, 1.82) is 0 Å². The summed E-state index contributed by atoms with van der Waals surface area (Å²) in [7, 11) is 1.76. The van der Waals surface area contributed by atoms with Crippen LogP contribution in [0.4, 0.5) is 0 Å². The number of nitrogens with zero attached hydrogens (tertiary/aromatic N) is 1. The van der Waals surface area contributed by atoms with Gasteiger partial charge in [0, 0.05) is 19.6 Å². The molecule has 120 valence electrons. The maximum Gasteiger partial charge on any atom is 0.234 e. The fourth-order valence-corrected chi connectivity index (χ4v) is 2.36. The first-order valence-electron chi connectivity index (χ1n) is 7.00. The second-order valence-electron chi connectivity index (χ2n) is 4.95. The van der Waals surface area contributed by atoms with Crippen LogP contribution in [-0.4, -0.2) is 57.2 Å². The topological polar surface area (TPSA) is 66.7 Å². The smallest absolute Gasteiger partial charge is 0.234 e. The van der Waals surface area contributed by atoms with Crippen LogP contribution in [0, 0.1) is 6.92 Å². The number of morpholine rings is 1. The van der Waals surface area contributed by atoms with Crippen molar-refractivity contribution in [1.82, 2.24) is 15.5 Å². The number of amides is 1. The van der Waals surface area contributed by atoms with Crippen LogP contribution in [0.5, 0.6) is 0 Å². The molecule has 1 aromatic rings. The number of hydrogen-bond acceptors (Lipinski definition) is 5. The van der Waals surface area contributed by atoms with Gasteiger partial charge < -0.3 is 19.8 Å². The molecule has 7 heteroatoms. The normalized spacial score (nSPS) is 17.0. The van der Waals surface area contributed by atoms with Gasteiger partial charge in [-0.1, -0.05) is 0 Å². The summed E-state index contributed by atoms with van der Waals surface area (Å²) in [5.74, 6) is 1.78. The lowest BCUT2D eigenvalue weighted by molar-refractivity contribution is -0.120. The van der Waals surface area contributed by atoms with Crippen molar-refractivity contribution in [2.75, 3.05) is 46.4 Å². The number of carbonyl (C=O) groups is 1. The first-order chi connectivity index (χ1) is 9.70. The number of nitrogens with one attached hydrogen (secondary N) is 2. The van der Waals surface area contributed by atoms with Crippen molar-refractivity contribution in [3.63, 3.8) is 0 Å². The van der Waals surface area contributed by atoms with Crippen molar-refractivity contribution in [2.24, 2.45) is 0 Å². The Hall–Kier alpha value is -1.08. The van der Waals surface area contributed by atoms with Gasteiger partial charge in [-0.25, -0.2) is 0 Å². The summed E-state index contributed by atoms with van der Waals surface area (Å²) in [5.41, 5.74) is 0. The van der Waals surface area contributed by atoms with Crippen LogP contribution in [0.15, 0.2) is 16.5 Å². The van der Waals surface area contributed by atoms with Crippen molar-refractivity contribution in [2.45, 2.75) is 13.0 Å². The summed E-state index contributed by atoms with van der Waals surface area (Å²) >= 11 is 0. The zero-order valence-electron chi connectivity index (χ0n) is 12.6. The van der Waals surface area contributed by atoms with Gasteiger partial charge in [-0.15, -0.1) is 12.4 Å². The van der Waals surface area contributed by atoms with Crippen molar-refractivity contribution in [3.8, 4) is 0 Å². The van der Waals surface area contributed by atoms with E-state index in [9.17, 15) is 4.79 Å². The van der Waals surface area contributed by atoms with E-state index in [1.54, 1.807) is 7.05 Å². The molecule has 1 saturated heterocycles. The number of carbonyl (C=O) groups excluding carboxylic acids is 1. The predicted molar refractivity (Wildman–Crippen MR) is 82.8 cm³/mol. The highest BCUT2D eigenvalue weighted by molar-refractivity contribution is 5.85. The van der Waals surface area contributed by atoms with Crippen LogP contribution in [0.25, 0.3) is 0 Å². The molecule has 1 unspecified atom stereocenters. The third kappa shape index (κ3) is 5.32. The molecule has 0 radical (unpaired) electrons. The van der Waals surface area contributed by atoms with Crippen molar-refractivity contribution < 1.29 is 13.9 Å². The number of hydrogen-bond donors (Lipinski definition) is 2. The first-order valence-corrected chi connectivity index (χ1v) is 7.00. The zero-order chi connectivity index (χ0) is 14.4. The molecule has 0 bridgehead atoms. The highest BCUT2D eigenvalue weighted by atomic mass is 35.5. The quantitative estimate of drug-likeness (QED) is 0.809. The fourth-order valence-electron chi connectivity index (χ4n) is 2.36. The Morgan fingerprint density at radius 1 is 1.38 bits per heavy atom. The van der Waals surface area contributed by atoms with Gasteiger partial charge in [-0.2, -0.15) is 0 Å². The molecular formula is C14H24ClN3O3.